The molecule has 106 valence electrons. The molecule has 1 fully saturated rings. The Hall–Kier alpha value is -0.970. The van der Waals surface area contributed by atoms with Crippen molar-refractivity contribution < 1.29 is 4.74 Å². The number of nitrogens with one attached hydrogen (secondary N) is 1. The third-order valence-corrected chi connectivity index (χ3v) is 3.87. The second kappa shape index (κ2) is 7.58. The Balaban J connectivity index is 1.75. The number of ether oxygens (including phenoxy) is 1. The van der Waals surface area contributed by atoms with Crippen LogP contribution in [0.5, 0.6) is 0 Å². The molecule has 4 nitrogen and oxygen atoms in total. The summed E-state index contributed by atoms with van der Waals surface area (Å²) in [7, 11) is 4.24. The van der Waals surface area contributed by atoms with Gasteiger partial charge in [0.2, 0.25) is 0 Å². The van der Waals surface area contributed by atoms with Gasteiger partial charge in [0, 0.05) is 50.0 Å². The first-order valence-corrected chi connectivity index (χ1v) is 7.13. The summed E-state index contributed by atoms with van der Waals surface area (Å²) >= 11 is 0. The number of hydrogen-bond acceptors (Lipinski definition) is 4. The van der Waals surface area contributed by atoms with Crippen LogP contribution in [0.4, 0.5) is 0 Å². The van der Waals surface area contributed by atoms with Crippen LogP contribution in [-0.2, 0) is 11.2 Å². The lowest BCUT2D eigenvalue weighted by atomic mass is 9.95. The van der Waals surface area contributed by atoms with Crippen molar-refractivity contribution in [2.24, 2.45) is 5.92 Å². The maximum atomic E-state index is 5.60. The number of nitrogens with zero attached hydrogens (tertiary/aromatic N) is 2. The van der Waals surface area contributed by atoms with Crippen LogP contribution in [0.1, 0.15) is 12.1 Å². The fourth-order valence-electron chi connectivity index (χ4n) is 2.70. The van der Waals surface area contributed by atoms with E-state index in [1.165, 1.54) is 5.69 Å². The van der Waals surface area contributed by atoms with Gasteiger partial charge in [0.25, 0.3) is 0 Å². The van der Waals surface area contributed by atoms with Crippen LogP contribution >= 0.6 is 0 Å². The molecule has 1 saturated heterocycles. The van der Waals surface area contributed by atoms with Crippen LogP contribution in [0.2, 0.25) is 0 Å². The average Bonchev–Trinajstić information content (AvgIpc) is 2.47. The topological polar surface area (TPSA) is 37.4 Å². The van der Waals surface area contributed by atoms with Gasteiger partial charge in [-0.1, -0.05) is 6.07 Å². The monoisotopic (exact) mass is 263 g/mol. The summed E-state index contributed by atoms with van der Waals surface area (Å²) in [6, 6.07) is 6.69. The van der Waals surface area contributed by atoms with Crippen LogP contribution in [0, 0.1) is 5.92 Å². The highest BCUT2D eigenvalue weighted by molar-refractivity contribution is 5.03. The van der Waals surface area contributed by atoms with E-state index in [0.29, 0.717) is 12.0 Å². The van der Waals surface area contributed by atoms with Crippen LogP contribution in [0.3, 0.4) is 0 Å². The van der Waals surface area contributed by atoms with Crippen LogP contribution in [-0.4, -0.2) is 56.3 Å². The molecular weight excluding hydrogens is 238 g/mol. The predicted octanol–water partition coefficient (Wildman–Crippen LogP) is 1.18. The van der Waals surface area contributed by atoms with Gasteiger partial charge in [0.05, 0.1) is 6.61 Å². The summed E-state index contributed by atoms with van der Waals surface area (Å²) in [6.45, 7) is 3.89. The second-order valence-corrected chi connectivity index (χ2v) is 5.35. The lowest BCUT2D eigenvalue weighted by Gasteiger charge is -2.34. The molecule has 0 aromatic carbocycles. The summed E-state index contributed by atoms with van der Waals surface area (Å²) in [5.41, 5.74) is 1.17. The van der Waals surface area contributed by atoms with Crippen LogP contribution < -0.4 is 5.32 Å². The molecule has 2 unspecified atom stereocenters. The van der Waals surface area contributed by atoms with Crippen molar-refractivity contribution in [2.75, 3.05) is 40.4 Å². The highest BCUT2D eigenvalue weighted by atomic mass is 16.5. The molecule has 1 aromatic rings. The van der Waals surface area contributed by atoms with Crippen molar-refractivity contribution in [3.05, 3.63) is 30.1 Å². The van der Waals surface area contributed by atoms with Crippen molar-refractivity contribution in [2.45, 2.75) is 18.9 Å². The Labute approximate surface area is 116 Å². The quantitative estimate of drug-likeness (QED) is 0.836. The van der Waals surface area contributed by atoms with E-state index in [0.717, 1.165) is 39.1 Å². The summed E-state index contributed by atoms with van der Waals surface area (Å²) in [5.74, 6) is 0.590. The van der Waals surface area contributed by atoms with Gasteiger partial charge < -0.3 is 15.0 Å². The summed E-state index contributed by atoms with van der Waals surface area (Å²) < 4.78 is 5.60. The van der Waals surface area contributed by atoms with E-state index in [1.807, 2.05) is 18.3 Å². The van der Waals surface area contributed by atoms with E-state index in [1.54, 1.807) is 0 Å². The second-order valence-electron chi connectivity index (χ2n) is 5.35. The molecular formula is C15H25N3O. The summed E-state index contributed by atoms with van der Waals surface area (Å²) in [6.07, 6.45) is 3.99. The van der Waals surface area contributed by atoms with E-state index in [-0.39, 0.29) is 0 Å². The number of aromatic nitrogens is 1. The molecule has 2 rings (SSSR count). The third-order valence-electron chi connectivity index (χ3n) is 3.87. The Morgan fingerprint density at radius 2 is 2.37 bits per heavy atom. The zero-order chi connectivity index (χ0) is 13.5. The number of hydrogen-bond donors (Lipinski definition) is 1. The van der Waals surface area contributed by atoms with E-state index in [4.69, 9.17) is 4.74 Å². The fraction of sp³-hybridized carbons (Fsp3) is 0.667. The molecule has 4 heteroatoms. The average molecular weight is 263 g/mol. The molecule has 0 saturated carbocycles. The van der Waals surface area contributed by atoms with Crippen LogP contribution in [0.15, 0.2) is 24.4 Å². The van der Waals surface area contributed by atoms with Gasteiger partial charge >= 0.3 is 0 Å². The molecule has 0 aliphatic carbocycles. The Morgan fingerprint density at radius 1 is 1.47 bits per heavy atom. The number of likely N-dealkylation sites (N-methyl/N-ethyl adjacent to an activating group) is 1. The van der Waals surface area contributed by atoms with E-state index in [2.05, 4.69) is 35.4 Å². The maximum absolute atomic E-state index is 5.60. The first kappa shape index (κ1) is 14.4. The van der Waals surface area contributed by atoms with Crippen molar-refractivity contribution in [1.82, 2.24) is 15.2 Å². The zero-order valence-corrected chi connectivity index (χ0v) is 12.0. The molecule has 19 heavy (non-hydrogen) atoms. The SMILES string of the molecule is CNC1CCOCC1CN(C)CCc1ccccn1. The van der Waals surface area contributed by atoms with Gasteiger partial charge in [-0.25, -0.2) is 0 Å². The molecule has 0 radical (unpaired) electrons. The molecule has 1 aromatic heterocycles. The first-order valence-electron chi connectivity index (χ1n) is 7.13. The van der Waals surface area contributed by atoms with Gasteiger partial charge in [0.1, 0.15) is 0 Å². The van der Waals surface area contributed by atoms with Crippen LogP contribution in [0.25, 0.3) is 0 Å². The predicted molar refractivity (Wildman–Crippen MR) is 77.2 cm³/mol. The minimum Gasteiger partial charge on any atom is -0.381 e. The molecule has 1 aliphatic heterocycles. The van der Waals surface area contributed by atoms with Gasteiger partial charge in [0.15, 0.2) is 0 Å². The molecule has 0 spiro atoms. The molecule has 0 amide bonds. The minimum atomic E-state index is 0.589. The first-order chi connectivity index (χ1) is 9.29. The van der Waals surface area contributed by atoms with E-state index < -0.39 is 0 Å². The fourth-order valence-corrected chi connectivity index (χ4v) is 2.70. The summed E-state index contributed by atoms with van der Waals surface area (Å²) in [5, 5.41) is 3.41. The molecule has 1 aliphatic rings. The lowest BCUT2D eigenvalue weighted by Crippen LogP contribution is -2.46. The largest absolute Gasteiger partial charge is 0.381 e. The third kappa shape index (κ3) is 4.56. The molecule has 1 N–H and O–H groups in total. The molecule has 0 bridgehead atoms. The highest BCUT2D eigenvalue weighted by Gasteiger charge is 2.25. The smallest absolute Gasteiger partial charge is 0.0521 e. The van der Waals surface area contributed by atoms with Gasteiger partial charge in [-0.15, -0.1) is 0 Å². The molecule has 2 heterocycles. The minimum absolute atomic E-state index is 0.589. The Morgan fingerprint density at radius 3 is 3.11 bits per heavy atom. The normalized spacial score (nSPS) is 23.7. The number of rotatable bonds is 6. The lowest BCUT2D eigenvalue weighted by molar-refractivity contribution is 0.0218. The standard InChI is InChI=1S/C15H25N3O/c1-16-15-7-10-19-12-13(15)11-18(2)9-6-14-5-3-4-8-17-14/h3-5,8,13,15-16H,6-7,9-12H2,1-2H3. The zero-order valence-electron chi connectivity index (χ0n) is 12.0. The van der Waals surface area contributed by atoms with Gasteiger partial charge in [-0.2, -0.15) is 0 Å². The Kier molecular flexibility index (Phi) is 5.76. The summed E-state index contributed by atoms with van der Waals surface area (Å²) in [4.78, 5) is 6.75. The van der Waals surface area contributed by atoms with Crippen molar-refractivity contribution in [3.63, 3.8) is 0 Å². The van der Waals surface area contributed by atoms with Gasteiger partial charge in [-0.05, 0) is 32.6 Å². The van der Waals surface area contributed by atoms with E-state index >= 15 is 0 Å². The van der Waals surface area contributed by atoms with Gasteiger partial charge in [-0.3, -0.25) is 4.98 Å². The highest BCUT2D eigenvalue weighted by Crippen LogP contribution is 2.15. The van der Waals surface area contributed by atoms with Crippen molar-refractivity contribution >= 4 is 0 Å². The molecule has 2 atom stereocenters. The van der Waals surface area contributed by atoms with Crippen molar-refractivity contribution in [3.8, 4) is 0 Å². The maximum Gasteiger partial charge on any atom is 0.0521 e. The Bertz CT molecular complexity index is 358. The number of pyridine rings is 1. The van der Waals surface area contributed by atoms with E-state index in [9.17, 15) is 0 Å². The van der Waals surface area contributed by atoms with Crippen molar-refractivity contribution in [1.29, 1.82) is 0 Å².